The highest BCUT2D eigenvalue weighted by Crippen LogP contribution is 2.36. The molecule has 8 nitrogen and oxygen atoms in total. The van der Waals surface area contributed by atoms with Gasteiger partial charge >= 0.3 is 0 Å². The third-order valence-electron chi connectivity index (χ3n) is 5.20. The number of carbonyl (C=O) groups excluding carboxylic acids is 2. The van der Waals surface area contributed by atoms with Crippen LogP contribution in [0.25, 0.3) is 0 Å². The molecule has 4 rings (SSSR count). The monoisotopic (exact) mass is 422 g/mol. The Labute approximate surface area is 179 Å². The van der Waals surface area contributed by atoms with E-state index in [0.717, 1.165) is 11.3 Å². The molecule has 0 saturated carbocycles. The van der Waals surface area contributed by atoms with Gasteiger partial charge in [0.1, 0.15) is 12.0 Å². The van der Waals surface area contributed by atoms with Gasteiger partial charge in [0.05, 0.1) is 38.7 Å². The molecule has 0 bridgehead atoms. The van der Waals surface area contributed by atoms with Crippen molar-refractivity contribution in [1.29, 1.82) is 0 Å². The third kappa shape index (κ3) is 3.79. The maximum absolute atomic E-state index is 12.9. The van der Waals surface area contributed by atoms with Gasteiger partial charge in [-0.1, -0.05) is 0 Å². The van der Waals surface area contributed by atoms with E-state index in [1.807, 2.05) is 12.1 Å². The van der Waals surface area contributed by atoms with Crippen molar-refractivity contribution in [2.24, 2.45) is 0 Å². The molecule has 0 spiro atoms. The van der Waals surface area contributed by atoms with Crippen LogP contribution in [0.1, 0.15) is 26.3 Å². The second kappa shape index (κ2) is 8.43. The molecule has 2 amide bonds. The zero-order valence-electron chi connectivity index (χ0n) is 17.4. The zero-order chi connectivity index (χ0) is 22.0. The Hall–Kier alpha value is -3.94. The van der Waals surface area contributed by atoms with Gasteiger partial charge in [0.25, 0.3) is 11.8 Å². The van der Waals surface area contributed by atoms with Gasteiger partial charge in [-0.15, -0.1) is 0 Å². The Morgan fingerprint density at radius 3 is 2.39 bits per heavy atom. The van der Waals surface area contributed by atoms with E-state index in [0.29, 0.717) is 47.0 Å². The van der Waals surface area contributed by atoms with Crippen molar-refractivity contribution in [3.8, 4) is 17.2 Å². The highest BCUT2D eigenvalue weighted by molar-refractivity contribution is 6.08. The van der Waals surface area contributed by atoms with Gasteiger partial charge in [-0.05, 0) is 36.2 Å². The normalized spacial score (nSPS) is 12.3. The highest BCUT2D eigenvalue weighted by atomic mass is 16.5. The molecule has 8 heteroatoms. The Balaban J connectivity index is 1.56. The van der Waals surface area contributed by atoms with Gasteiger partial charge in [0, 0.05) is 30.1 Å². The average molecular weight is 422 g/mol. The second-order valence-corrected chi connectivity index (χ2v) is 6.92. The Morgan fingerprint density at radius 1 is 0.968 bits per heavy atom. The summed E-state index contributed by atoms with van der Waals surface area (Å²) in [6.45, 7) is 0.570. The summed E-state index contributed by atoms with van der Waals surface area (Å²) in [4.78, 5) is 27.3. The summed E-state index contributed by atoms with van der Waals surface area (Å²) in [6, 6.07) is 10.3. The lowest BCUT2D eigenvalue weighted by molar-refractivity contribution is 0.0986. The van der Waals surface area contributed by atoms with E-state index in [-0.39, 0.29) is 11.8 Å². The van der Waals surface area contributed by atoms with E-state index >= 15 is 0 Å². The zero-order valence-corrected chi connectivity index (χ0v) is 17.4. The standard InChI is InChI=1S/C23H22N2O6/c1-28-19-12-21(30-3)20(29-2)11-17(19)22(26)24-16-4-5-18-14(10-16)6-8-25(18)23(27)15-7-9-31-13-15/h4-5,7,9-13H,6,8H2,1-3H3,(H,24,26). The van der Waals surface area contributed by atoms with Crippen molar-refractivity contribution in [1.82, 2.24) is 0 Å². The molecular weight excluding hydrogens is 400 g/mol. The van der Waals surface area contributed by atoms with Gasteiger partial charge in [-0.3, -0.25) is 9.59 Å². The molecule has 3 aromatic rings. The number of benzene rings is 2. The lowest BCUT2D eigenvalue weighted by Crippen LogP contribution is -2.28. The summed E-state index contributed by atoms with van der Waals surface area (Å²) in [6.07, 6.45) is 3.61. The van der Waals surface area contributed by atoms with Crippen LogP contribution in [0, 0.1) is 0 Å². The fraction of sp³-hybridized carbons (Fsp3) is 0.217. The van der Waals surface area contributed by atoms with E-state index in [1.54, 1.807) is 29.2 Å². The summed E-state index contributed by atoms with van der Waals surface area (Å²) in [5.74, 6) is 0.807. The molecule has 0 atom stereocenters. The van der Waals surface area contributed by atoms with Crippen LogP contribution in [-0.2, 0) is 6.42 Å². The van der Waals surface area contributed by atoms with E-state index in [1.165, 1.54) is 33.9 Å². The molecule has 2 heterocycles. The fourth-order valence-corrected chi connectivity index (χ4v) is 3.64. The first-order chi connectivity index (χ1) is 15.0. The minimum Gasteiger partial charge on any atom is -0.496 e. The molecule has 0 radical (unpaired) electrons. The smallest absolute Gasteiger partial charge is 0.261 e. The Kier molecular flexibility index (Phi) is 5.53. The molecular formula is C23H22N2O6. The van der Waals surface area contributed by atoms with Crippen molar-refractivity contribution in [2.75, 3.05) is 38.1 Å². The maximum Gasteiger partial charge on any atom is 0.261 e. The number of nitrogens with zero attached hydrogens (tertiary/aromatic N) is 1. The average Bonchev–Trinajstić information content (AvgIpc) is 3.47. The molecule has 0 saturated heterocycles. The molecule has 31 heavy (non-hydrogen) atoms. The van der Waals surface area contributed by atoms with Crippen molar-refractivity contribution < 1.29 is 28.2 Å². The molecule has 1 aromatic heterocycles. The van der Waals surface area contributed by atoms with Crippen LogP contribution in [0.15, 0.2) is 53.3 Å². The lowest BCUT2D eigenvalue weighted by Gasteiger charge is -2.17. The van der Waals surface area contributed by atoms with E-state index in [4.69, 9.17) is 18.6 Å². The molecule has 0 aliphatic carbocycles. The molecule has 1 N–H and O–H groups in total. The summed E-state index contributed by atoms with van der Waals surface area (Å²) in [5.41, 5.74) is 3.25. The van der Waals surface area contributed by atoms with Gasteiger partial charge in [-0.2, -0.15) is 0 Å². The van der Waals surface area contributed by atoms with Gasteiger partial charge in [-0.25, -0.2) is 0 Å². The predicted molar refractivity (Wildman–Crippen MR) is 115 cm³/mol. The van der Waals surface area contributed by atoms with Crippen LogP contribution in [0.2, 0.25) is 0 Å². The van der Waals surface area contributed by atoms with Gasteiger partial charge in [0.2, 0.25) is 0 Å². The number of rotatable bonds is 6. The molecule has 1 aliphatic heterocycles. The van der Waals surface area contributed by atoms with Crippen LogP contribution < -0.4 is 24.4 Å². The number of hydrogen-bond acceptors (Lipinski definition) is 6. The van der Waals surface area contributed by atoms with E-state index in [9.17, 15) is 9.59 Å². The summed E-state index contributed by atoms with van der Waals surface area (Å²) < 4.78 is 20.9. The first kappa shape index (κ1) is 20.3. The van der Waals surface area contributed by atoms with Crippen LogP contribution >= 0.6 is 0 Å². The van der Waals surface area contributed by atoms with Crippen LogP contribution in [0.5, 0.6) is 17.2 Å². The minimum absolute atomic E-state index is 0.112. The second-order valence-electron chi connectivity index (χ2n) is 6.92. The SMILES string of the molecule is COc1cc(OC)c(C(=O)Nc2ccc3c(c2)CCN3C(=O)c2ccoc2)cc1OC. The van der Waals surface area contributed by atoms with Gasteiger partial charge < -0.3 is 28.8 Å². The molecule has 0 fully saturated rings. The summed E-state index contributed by atoms with van der Waals surface area (Å²) >= 11 is 0. The molecule has 0 unspecified atom stereocenters. The number of furan rings is 1. The number of methoxy groups -OCH3 is 3. The van der Waals surface area contributed by atoms with Crippen molar-refractivity contribution in [3.05, 3.63) is 65.6 Å². The number of fused-ring (bicyclic) bond motifs is 1. The van der Waals surface area contributed by atoms with E-state index in [2.05, 4.69) is 5.32 Å². The van der Waals surface area contributed by atoms with Crippen LogP contribution in [0.3, 0.4) is 0 Å². The summed E-state index contributed by atoms with van der Waals surface area (Å²) in [7, 11) is 4.50. The van der Waals surface area contributed by atoms with Crippen LogP contribution in [-0.4, -0.2) is 39.7 Å². The third-order valence-corrected chi connectivity index (χ3v) is 5.20. The van der Waals surface area contributed by atoms with E-state index < -0.39 is 0 Å². The van der Waals surface area contributed by atoms with Gasteiger partial charge in [0.15, 0.2) is 11.5 Å². The quantitative estimate of drug-likeness (QED) is 0.651. The summed E-state index contributed by atoms with van der Waals surface area (Å²) in [5, 5.41) is 2.89. The number of hydrogen-bond donors (Lipinski definition) is 1. The van der Waals surface area contributed by atoms with Crippen molar-refractivity contribution >= 4 is 23.2 Å². The highest BCUT2D eigenvalue weighted by Gasteiger charge is 2.27. The Morgan fingerprint density at radius 2 is 1.71 bits per heavy atom. The number of anilines is 2. The van der Waals surface area contributed by atoms with Crippen LogP contribution in [0.4, 0.5) is 11.4 Å². The minimum atomic E-state index is -0.345. The fourth-order valence-electron chi connectivity index (χ4n) is 3.64. The number of ether oxygens (including phenoxy) is 3. The number of amides is 2. The number of carbonyl (C=O) groups is 2. The topological polar surface area (TPSA) is 90.2 Å². The first-order valence-corrected chi connectivity index (χ1v) is 9.64. The molecule has 2 aromatic carbocycles. The molecule has 1 aliphatic rings. The molecule has 160 valence electrons. The lowest BCUT2D eigenvalue weighted by atomic mass is 10.1. The number of nitrogens with one attached hydrogen (secondary N) is 1. The van der Waals surface area contributed by atoms with Crippen molar-refractivity contribution in [3.63, 3.8) is 0 Å². The largest absolute Gasteiger partial charge is 0.496 e. The first-order valence-electron chi connectivity index (χ1n) is 9.64. The van der Waals surface area contributed by atoms with Crippen molar-refractivity contribution in [2.45, 2.75) is 6.42 Å². The maximum atomic E-state index is 12.9. The Bertz CT molecular complexity index is 1120. The predicted octanol–water partition coefficient (Wildman–Crippen LogP) is 3.76.